The number of carbonyl (C=O) groups is 1. The minimum absolute atomic E-state index is 0.0424. The van der Waals surface area contributed by atoms with E-state index in [2.05, 4.69) is 40.0 Å². The number of nitrogens with zero attached hydrogens (tertiary/aromatic N) is 5. The van der Waals surface area contributed by atoms with Crippen molar-refractivity contribution in [2.24, 2.45) is 27.6 Å². The molecular formula is C47H61N9O6S. The summed E-state index contributed by atoms with van der Waals surface area (Å²) in [5, 5.41) is 58.4. The first kappa shape index (κ1) is 43.5. The average molecular weight is 880 g/mol. The van der Waals surface area contributed by atoms with Gasteiger partial charge < -0.3 is 51.1 Å². The van der Waals surface area contributed by atoms with Crippen LogP contribution in [-0.2, 0) is 11.2 Å². The van der Waals surface area contributed by atoms with Crippen LogP contribution in [0.5, 0.6) is 5.75 Å². The maximum Gasteiger partial charge on any atom is 0.355 e. The van der Waals surface area contributed by atoms with Gasteiger partial charge in [0.05, 0.1) is 29.5 Å². The van der Waals surface area contributed by atoms with E-state index < -0.39 is 5.97 Å². The van der Waals surface area contributed by atoms with Crippen molar-refractivity contribution in [3.05, 3.63) is 58.4 Å². The van der Waals surface area contributed by atoms with E-state index in [9.17, 15) is 20.1 Å². The van der Waals surface area contributed by atoms with Crippen LogP contribution in [0.1, 0.15) is 99.3 Å². The van der Waals surface area contributed by atoms with Gasteiger partial charge in [-0.15, -0.1) is 10.2 Å². The van der Waals surface area contributed by atoms with Crippen LogP contribution in [0.15, 0.2) is 36.0 Å². The Hall–Kier alpha value is -4.74. The third kappa shape index (κ3) is 7.35. The number of hydrogen-bond donors (Lipinski definition) is 7. The highest BCUT2D eigenvalue weighted by atomic mass is 32.1. The van der Waals surface area contributed by atoms with Crippen molar-refractivity contribution in [3.63, 3.8) is 0 Å². The Morgan fingerprint density at radius 1 is 1.06 bits per heavy atom. The second-order valence-corrected chi connectivity index (χ2v) is 20.8. The molecule has 4 aliphatic carbocycles. The summed E-state index contributed by atoms with van der Waals surface area (Å²) in [5.74, 6) is 1.16. The van der Waals surface area contributed by atoms with Crippen molar-refractivity contribution in [2.75, 3.05) is 63.3 Å². The summed E-state index contributed by atoms with van der Waals surface area (Å²) < 4.78 is 13.3. The lowest BCUT2D eigenvalue weighted by Gasteiger charge is -2.73. The fourth-order valence-corrected chi connectivity index (χ4v) is 13.7. The van der Waals surface area contributed by atoms with Crippen molar-refractivity contribution in [1.82, 2.24) is 30.8 Å². The molecule has 1 spiro atoms. The lowest BCUT2D eigenvalue weighted by molar-refractivity contribution is -0.299. The highest BCUT2D eigenvalue weighted by Crippen LogP contribution is 2.85. The minimum atomic E-state index is -1.16. The van der Waals surface area contributed by atoms with Crippen molar-refractivity contribution < 1.29 is 29.6 Å². The number of aliphatic hydroxyl groups is 2. The number of pyridine rings is 1. The summed E-state index contributed by atoms with van der Waals surface area (Å²) in [6.45, 7) is 12.0. The molecule has 336 valence electrons. The lowest BCUT2D eigenvalue weighted by atomic mass is 9.34. The standard InChI is InChI=1S/C47H61N9O6S/c1-28-32-7-6-15-56(40(32)55-54-39(28)53-42-51-35-17-31(61-5)8-10-36(35)63-42)37-11-9-33(38(52-37)41(59)60)34(18-48)29(2)50-27-45-13-12-44(4)25-47(62-16-14-49-19-30(20-57)21-58)24-43(3,22-45)23-46(44,47)26-45/h8-11,17-18,30,48-50,57-58H,6-7,12-16,19-27H2,1-5H3,(H,59,60)(H,51,53,54)/b34-29+,48-18?. The number of carboxylic acids is 1. The summed E-state index contributed by atoms with van der Waals surface area (Å²) in [5.41, 5.74) is 4.74. The van der Waals surface area contributed by atoms with Crippen molar-refractivity contribution >= 4 is 61.9 Å². The third-order valence-electron chi connectivity index (χ3n) is 15.6. The predicted octanol–water partition coefficient (Wildman–Crippen LogP) is 7.01. The number of aromatic nitrogens is 4. The Labute approximate surface area is 372 Å². The van der Waals surface area contributed by atoms with Gasteiger partial charge in [0.2, 0.25) is 0 Å². The van der Waals surface area contributed by atoms with Crippen LogP contribution in [0.3, 0.4) is 0 Å². The zero-order valence-electron chi connectivity index (χ0n) is 37.1. The number of nitrogens with one attached hydrogen (secondary N) is 4. The Bertz CT molecular complexity index is 2480. The van der Waals surface area contributed by atoms with Crippen LogP contribution in [0.25, 0.3) is 15.8 Å². The molecule has 5 aliphatic rings. The monoisotopic (exact) mass is 879 g/mol. The van der Waals surface area contributed by atoms with E-state index in [4.69, 9.17) is 24.9 Å². The molecule has 4 aromatic rings. The van der Waals surface area contributed by atoms with Gasteiger partial charge in [0, 0.05) is 91.0 Å². The molecular weight excluding hydrogens is 819 g/mol. The zero-order chi connectivity index (χ0) is 44.4. The van der Waals surface area contributed by atoms with Crippen LogP contribution in [0.2, 0.25) is 0 Å². The average Bonchev–Trinajstić information content (AvgIpc) is 3.75. The number of hydrogen-bond acceptors (Lipinski definition) is 15. The molecule has 0 saturated heterocycles. The molecule has 7 N–H and O–H groups in total. The van der Waals surface area contributed by atoms with E-state index in [-0.39, 0.29) is 52.1 Å². The quantitative estimate of drug-likeness (QED) is 0.0396. The number of thiazole rings is 1. The van der Waals surface area contributed by atoms with E-state index in [1.807, 2.05) is 43.0 Å². The molecule has 3 aromatic heterocycles. The minimum Gasteiger partial charge on any atom is -0.497 e. The highest BCUT2D eigenvalue weighted by molar-refractivity contribution is 7.22. The van der Waals surface area contributed by atoms with Crippen LogP contribution in [-0.4, -0.2) is 106 Å². The van der Waals surface area contributed by atoms with Crippen LogP contribution in [0.4, 0.5) is 22.6 Å². The molecule has 5 atom stereocenters. The molecule has 0 amide bonds. The number of benzene rings is 1. The topological polar surface area (TPSA) is 211 Å². The first-order valence-electron chi connectivity index (χ1n) is 22.3. The number of fused-ring (bicyclic) bond motifs is 4. The van der Waals surface area contributed by atoms with Crippen LogP contribution >= 0.6 is 11.3 Å². The number of carboxylic acid groups (broad SMARTS) is 1. The molecule has 4 saturated carbocycles. The molecule has 4 fully saturated rings. The molecule has 5 unspecified atom stereocenters. The first-order valence-corrected chi connectivity index (χ1v) is 23.2. The van der Waals surface area contributed by atoms with Crippen LogP contribution < -0.4 is 25.6 Å². The van der Waals surface area contributed by atoms with Gasteiger partial charge >= 0.3 is 5.97 Å². The SMILES string of the molecule is COc1ccc2sc(Nc3nnc4c(c3C)CCCN4c3ccc(/C(C=N)=C(\C)NCC45CCC6(C)CC7(OCCNCC(CO)CO)CC(C)(C4)CC67C5)c(C(=O)O)n3)nc2c1. The highest BCUT2D eigenvalue weighted by Gasteiger charge is 2.82. The number of aromatic carboxylic acids is 1. The zero-order valence-corrected chi connectivity index (χ0v) is 37.9. The van der Waals surface area contributed by atoms with Gasteiger partial charge in [0.25, 0.3) is 0 Å². The predicted molar refractivity (Wildman–Crippen MR) is 245 cm³/mol. The van der Waals surface area contributed by atoms with Crippen molar-refractivity contribution in [3.8, 4) is 5.75 Å². The maximum absolute atomic E-state index is 13.0. The molecule has 0 radical (unpaired) electrons. The largest absolute Gasteiger partial charge is 0.497 e. The fourth-order valence-electron chi connectivity index (χ4n) is 12.9. The fraction of sp³-hybridized carbons (Fsp3) is 0.574. The normalized spacial score (nSPS) is 28.3. The number of anilines is 4. The molecule has 1 aliphatic heterocycles. The van der Waals surface area contributed by atoms with Gasteiger partial charge in [-0.05, 0) is 112 Å². The van der Waals surface area contributed by atoms with E-state index in [0.29, 0.717) is 60.0 Å². The molecule has 3 bridgehead atoms. The summed E-state index contributed by atoms with van der Waals surface area (Å²) in [4.78, 5) is 24.4. The van der Waals surface area contributed by atoms with Crippen LogP contribution in [0, 0.1) is 39.9 Å². The Kier molecular flexibility index (Phi) is 11.3. The van der Waals surface area contributed by atoms with E-state index in [1.54, 1.807) is 13.2 Å². The lowest BCUT2D eigenvalue weighted by Crippen LogP contribution is -2.71. The van der Waals surface area contributed by atoms with Crippen molar-refractivity contribution in [1.29, 1.82) is 5.41 Å². The van der Waals surface area contributed by atoms with Gasteiger partial charge in [0.1, 0.15) is 11.6 Å². The van der Waals surface area contributed by atoms with Gasteiger partial charge in [-0.25, -0.2) is 14.8 Å². The number of ether oxygens (including phenoxy) is 2. The Morgan fingerprint density at radius 3 is 2.65 bits per heavy atom. The summed E-state index contributed by atoms with van der Waals surface area (Å²) in [6.07, 6.45) is 10.6. The Morgan fingerprint density at radius 2 is 1.89 bits per heavy atom. The van der Waals surface area contributed by atoms with Gasteiger partial charge in [-0.2, -0.15) is 0 Å². The third-order valence-corrected chi connectivity index (χ3v) is 16.5. The number of methoxy groups -OCH3 is 1. The van der Waals surface area contributed by atoms with Crippen molar-refractivity contribution in [2.45, 2.75) is 91.1 Å². The van der Waals surface area contributed by atoms with E-state index in [0.717, 1.165) is 90.7 Å². The van der Waals surface area contributed by atoms with E-state index in [1.165, 1.54) is 24.0 Å². The summed E-state index contributed by atoms with van der Waals surface area (Å²) in [7, 11) is 1.64. The van der Waals surface area contributed by atoms with Gasteiger partial charge in [-0.3, -0.25) is 0 Å². The molecule has 4 heterocycles. The second-order valence-electron chi connectivity index (χ2n) is 19.7. The number of rotatable bonds is 18. The molecule has 1 aromatic carbocycles. The second kappa shape index (κ2) is 16.4. The Balaban J connectivity index is 0.920. The van der Waals surface area contributed by atoms with Gasteiger partial charge in [0.15, 0.2) is 22.5 Å². The molecule has 63 heavy (non-hydrogen) atoms. The molecule has 16 heteroatoms. The summed E-state index contributed by atoms with van der Waals surface area (Å²) in [6, 6.07) is 9.41. The number of aliphatic hydroxyl groups excluding tert-OH is 2. The molecule has 15 nitrogen and oxygen atoms in total. The smallest absolute Gasteiger partial charge is 0.355 e. The maximum atomic E-state index is 13.0. The van der Waals surface area contributed by atoms with E-state index >= 15 is 0 Å². The molecule has 9 rings (SSSR count). The first-order chi connectivity index (χ1) is 30.2. The van der Waals surface area contributed by atoms with Gasteiger partial charge in [-0.1, -0.05) is 25.2 Å². The summed E-state index contributed by atoms with van der Waals surface area (Å²) >= 11 is 1.53. The number of allylic oxidation sites excluding steroid dienone is 2.